The van der Waals surface area contributed by atoms with Gasteiger partial charge in [0.05, 0.1) is 26.4 Å². The highest BCUT2D eigenvalue weighted by Crippen LogP contribution is 2.45. The average molecular weight is 1470 g/mol. The number of ether oxygens (including phenoxy) is 4. The topological polar surface area (TPSA) is 237 Å². The third-order valence-electron chi connectivity index (χ3n) is 19.0. The van der Waals surface area contributed by atoms with Crippen molar-refractivity contribution in [3.8, 4) is 0 Å². The third kappa shape index (κ3) is 74.3. The Bertz CT molecular complexity index is 1920. The molecule has 0 spiro atoms. The zero-order valence-electron chi connectivity index (χ0n) is 65.5. The number of phosphoric acid groups is 2. The molecule has 0 heterocycles. The first-order valence-corrected chi connectivity index (χ1v) is 45.0. The van der Waals surface area contributed by atoms with Crippen molar-refractivity contribution in [3.63, 3.8) is 0 Å². The first-order chi connectivity index (χ1) is 48.4. The Kier molecular flexibility index (Phi) is 71.2. The van der Waals surface area contributed by atoms with Crippen LogP contribution in [0.1, 0.15) is 427 Å². The maximum absolute atomic E-state index is 13.1. The summed E-state index contributed by atoms with van der Waals surface area (Å²) in [6.45, 7) is 9.52. The smallest absolute Gasteiger partial charge is 0.462 e. The Morgan fingerprint density at radius 1 is 0.270 bits per heavy atom. The highest BCUT2D eigenvalue weighted by atomic mass is 31.2. The van der Waals surface area contributed by atoms with Crippen molar-refractivity contribution in [1.29, 1.82) is 0 Å². The zero-order chi connectivity index (χ0) is 73.5. The van der Waals surface area contributed by atoms with E-state index in [-0.39, 0.29) is 25.7 Å². The molecule has 19 heteroatoms. The molecule has 0 aromatic rings. The predicted molar refractivity (Wildman–Crippen MR) is 409 cm³/mol. The van der Waals surface area contributed by atoms with E-state index in [1.54, 1.807) is 0 Å². The van der Waals surface area contributed by atoms with Gasteiger partial charge in [-0.05, 0) is 37.5 Å². The second-order valence-electron chi connectivity index (χ2n) is 30.1. The highest BCUT2D eigenvalue weighted by Gasteiger charge is 2.30. The summed E-state index contributed by atoms with van der Waals surface area (Å²) in [7, 11) is -9.92. The lowest BCUT2D eigenvalue weighted by Gasteiger charge is -2.21. The number of hydrogen-bond donors (Lipinski definition) is 3. The van der Waals surface area contributed by atoms with Gasteiger partial charge in [0.25, 0.3) is 0 Å². The Hall–Kier alpha value is -1.94. The zero-order valence-corrected chi connectivity index (χ0v) is 67.3. The van der Waals surface area contributed by atoms with Gasteiger partial charge in [-0.3, -0.25) is 37.3 Å². The Labute approximate surface area is 613 Å². The van der Waals surface area contributed by atoms with Gasteiger partial charge in [-0.1, -0.05) is 375 Å². The molecule has 3 N–H and O–H groups in total. The molecule has 17 nitrogen and oxygen atoms in total. The van der Waals surface area contributed by atoms with Crippen LogP contribution in [0.2, 0.25) is 0 Å². The Balaban J connectivity index is 5.19. The largest absolute Gasteiger partial charge is 0.472 e. The standard InChI is InChI=1S/C81H158O17P2/c1-7-9-11-13-15-17-19-21-23-25-26-27-28-29-31-33-35-37-41-45-53-59-65-80(85)97-76(69-91-78(83)63-57-51-44-40-36-34-32-30-24-22-20-18-16-14-12-10-8-2)71-95-99(87,88)93-67-75(82)68-94-100(89,90)96-72-77(70-92-79(84)64-58-52-48-47-50-56-62-74(5)6)98-81(86)66-60-54-46-42-38-39-43-49-55-61-73(3)4/h73-77,82H,7-72H2,1-6H3,(H,87,88)(H,89,90)/t75-,76-,77-/m1/s1. The van der Waals surface area contributed by atoms with E-state index < -0.39 is 97.5 Å². The van der Waals surface area contributed by atoms with Gasteiger partial charge in [-0.15, -0.1) is 0 Å². The Morgan fingerprint density at radius 2 is 0.460 bits per heavy atom. The summed E-state index contributed by atoms with van der Waals surface area (Å²) < 4.78 is 68.6. The average Bonchev–Trinajstić information content (AvgIpc) is 0.949. The molecule has 0 aliphatic heterocycles. The second kappa shape index (κ2) is 72.6. The van der Waals surface area contributed by atoms with E-state index in [2.05, 4.69) is 41.5 Å². The number of carbonyl (C=O) groups excluding carboxylic acids is 4. The summed E-state index contributed by atoms with van der Waals surface area (Å²) in [5, 5.41) is 10.6. The molecule has 0 aliphatic rings. The van der Waals surface area contributed by atoms with Crippen LogP contribution in [0.15, 0.2) is 0 Å². The lowest BCUT2D eigenvalue weighted by Crippen LogP contribution is -2.30. The van der Waals surface area contributed by atoms with Gasteiger partial charge < -0.3 is 33.8 Å². The summed E-state index contributed by atoms with van der Waals surface area (Å²) in [4.78, 5) is 72.9. The van der Waals surface area contributed by atoms with E-state index in [1.165, 1.54) is 238 Å². The maximum atomic E-state index is 13.1. The van der Waals surface area contributed by atoms with Gasteiger partial charge in [0.2, 0.25) is 0 Å². The van der Waals surface area contributed by atoms with Crippen molar-refractivity contribution in [3.05, 3.63) is 0 Å². The Morgan fingerprint density at radius 3 is 0.680 bits per heavy atom. The number of rotatable bonds is 80. The fourth-order valence-corrected chi connectivity index (χ4v) is 14.1. The first-order valence-electron chi connectivity index (χ1n) is 42.0. The molecule has 0 saturated heterocycles. The van der Waals surface area contributed by atoms with Gasteiger partial charge in [-0.2, -0.15) is 0 Å². The van der Waals surface area contributed by atoms with Crippen LogP contribution in [0.25, 0.3) is 0 Å². The molecule has 0 aromatic heterocycles. The molecule has 0 aromatic carbocycles. The fourth-order valence-electron chi connectivity index (χ4n) is 12.5. The quantitative estimate of drug-likeness (QED) is 0.0222. The lowest BCUT2D eigenvalue weighted by atomic mass is 10.0. The highest BCUT2D eigenvalue weighted by molar-refractivity contribution is 7.47. The van der Waals surface area contributed by atoms with Crippen LogP contribution in [0, 0.1) is 11.8 Å². The minimum atomic E-state index is -4.96. The van der Waals surface area contributed by atoms with Gasteiger partial charge in [0.1, 0.15) is 19.3 Å². The lowest BCUT2D eigenvalue weighted by molar-refractivity contribution is -0.161. The SMILES string of the molecule is CCCCCCCCCCCCCCCCCCCCCCCCC(=O)O[C@H](COC(=O)CCCCCCCCCCCCCCCCCCC)COP(=O)(O)OC[C@@H](O)COP(=O)(O)OC[C@@H](COC(=O)CCCCCCCCC(C)C)OC(=O)CCCCCCCCCCCC(C)C. The van der Waals surface area contributed by atoms with Gasteiger partial charge in [-0.25, -0.2) is 9.13 Å². The fraction of sp³-hybridized carbons (Fsp3) is 0.951. The molecule has 0 amide bonds. The number of phosphoric ester groups is 2. The molecule has 2 unspecified atom stereocenters. The summed E-state index contributed by atoms with van der Waals surface area (Å²) >= 11 is 0. The molecule has 100 heavy (non-hydrogen) atoms. The van der Waals surface area contributed by atoms with Crippen molar-refractivity contribution in [2.75, 3.05) is 39.6 Å². The number of unbranched alkanes of at least 4 members (excludes halogenated alkanes) is 50. The van der Waals surface area contributed by atoms with Crippen LogP contribution in [-0.4, -0.2) is 96.7 Å². The molecule has 0 aliphatic carbocycles. The number of hydrogen-bond acceptors (Lipinski definition) is 15. The van der Waals surface area contributed by atoms with Crippen LogP contribution in [0.5, 0.6) is 0 Å². The van der Waals surface area contributed by atoms with Gasteiger partial charge in [0.15, 0.2) is 12.2 Å². The van der Waals surface area contributed by atoms with Crippen LogP contribution < -0.4 is 0 Å². The molecule has 0 rings (SSSR count). The van der Waals surface area contributed by atoms with Gasteiger partial charge in [0, 0.05) is 25.7 Å². The minimum Gasteiger partial charge on any atom is -0.462 e. The predicted octanol–water partition coefficient (Wildman–Crippen LogP) is 24.3. The molecular formula is C81H158O17P2. The van der Waals surface area contributed by atoms with Crippen molar-refractivity contribution in [2.45, 2.75) is 445 Å². The molecular weight excluding hydrogens is 1310 g/mol. The monoisotopic (exact) mass is 1470 g/mol. The van der Waals surface area contributed by atoms with E-state index in [0.29, 0.717) is 31.6 Å². The van der Waals surface area contributed by atoms with E-state index in [9.17, 15) is 43.2 Å². The van der Waals surface area contributed by atoms with E-state index in [4.69, 9.17) is 37.0 Å². The first kappa shape index (κ1) is 98.1. The number of carbonyl (C=O) groups is 4. The van der Waals surface area contributed by atoms with Crippen LogP contribution in [-0.2, 0) is 65.4 Å². The number of aliphatic hydroxyl groups is 1. The minimum absolute atomic E-state index is 0.105. The van der Waals surface area contributed by atoms with Crippen molar-refractivity contribution < 1.29 is 80.2 Å². The number of aliphatic hydroxyl groups excluding tert-OH is 1. The molecule has 0 bridgehead atoms. The molecule has 0 radical (unpaired) electrons. The van der Waals surface area contributed by atoms with Crippen molar-refractivity contribution in [2.24, 2.45) is 11.8 Å². The summed E-state index contributed by atoms with van der Waals surface area (Å²) in [6.07, 6.45) is 62.9. The van der Waals surface area contributed by atoms with Crippen molar-refractivity contribution in [1.82, 2.24) is 0 Å². The van der Waals surface area contributed by atoms with E-state index >= 15 is 0 Å². The second-order valence-corrected chi connectivity index (χ2v) is 33.0. The molecule has 0 fully saturated rings. The number of esters is 4. The van der Waals surface area contributed by atoms with Crippen LogP contribution in [0.3, 0.4) is 0 Å². The van der Waals surface area contributed by atoms with Crippen LogP contribution in [0.4, 0.5) is 0 Å². The normalized spacial score (nSPS) is 13.9. The summed E-state index contributed by atoms with van der Waals surface area (Å²) in [5.41, 5.74) is 0. The molecule has 5 atom stereocenters. The molecule has 0 saturated carbocycles. The van der Waals surface area contributed by atoms with E-state index in [1.807, 2.05) is 0 Å². The molecule has 594 valence electrons. The maximum Gasteiger partial charge on any atom is 0.472 e. The van der Waals surface area contributed by atoms with Crippen molar-refractivity contribution >= 4 is 39.5 Å². The summed E-state index contributed by atoms with van der Waals surface area (Å²) in [5.74, 6) is -0.698. The third-order valence-corrected chi connectivity index (χ3v) is 20.9. The summed E-state index contributed by atoms with van der Waals surface area (Å²) in [6, 6.07) is 0. The van der Waals surface area contributed by atoms with Gasteiger partial charge >= 0.3 is 39.5 Å². The van der Waals surface area contributed by atoms with Crippen LogP contribution >= 0.6 is 15.6 Å². The van der Waals surface area contributed by atoms with E-state index in [0.717, 1.165) is 102 Å².